The molecule has 1 rings (SSSR count). The van der Waals surface area contributed by atoms with Crippen molar-refractivity contribution in [1.29, 1.82) is 0 Å². The second-order valence-corrected chi connectivity index (χ2v) is 5.70. The van der Waals surface area contributed by atoms with Crippen LogP contribution < -0.4 is 10.5 Å². The normalized spacial score (nSPS) is 14.6. The van der Waals surface area contributed by atoms with Crippen LogP contribution in [0.3, 0.4) is 0 Å². The van der Waals surface area contributed by atoms with Crippen LogP contribution in [0.2, 0.25) is 0 Å². The number of rotatable bonds is 7. The molecule has 0 spiro atoms. The first-order valence-electron chi connectivity index (χ1n) is 6.98. The third kappa shape index (κ3) is 5.09. The fraction of sp³-hybridized carbons (Fsp3) is 0.625. The van der Waals surface area contributed by atoms with Gasteiger partial charge in [-0.3, -0.25) is 0 Å². The van der Waals surface area contributed by atoms with Crippen LogP contribution in [0.1, 0.15) is 52.0 Å². The Bertz CT molecular complexity index is 347. The molecule has 102 valence electrons. The van der Waals surface area contributed by atoms with Crippen LogP contribution in [0.5, 0.6) is 5.75 Å². The Morgan fingerprint density at radius 2 is 1.72 bits per heavy atom. The summed E-state index contributed by atoms with van der Waals surface area (Å²) in [6, 6.07) is 8.63. The average molecular weight is 249 g/mol. The fourth-order valence-electron chi connectivity index (χ4n) is 1.94. The molecule has 0 aliphatic rings. The van der Waals surface area contributed by atoms with Crippen LogP contribution in [0.25, 0.3) is 0 Å². The zero-order chi connectivity index (χ0) is 13.5. The zero-order valence-electron chi connectivity index (χ0n) is 12.1. The highest BCUT2D eigenvalue weighted by Crippen LogP contribution is 2.30. The van der Waals surface area contributed by atoms with Crippen molar-refractivity contribution in [2.75, 3.05) is 6.61 Å². The van der Waals surface area contributed by atoms with Crippen molar-refractivity contribution in [2.24, 2.45) is 11.7 Å². The molecule has 0 amide bonds. The van der Waals surface area contributed by atoms with Crippen LogP contribution in [0, 0.1) is 5.92 Å². The predicted octanol–water partition coefficient (Wildman–Crippen LogP) is 3.95. The van der Waals surface area contributed by atoms with Gasteiger partial charge in [0, 0.05) is 6.04 Å². The number of ether oxygens (including phenoxy) is 1. The van der Waals surface area contributed by atoms with Gasteiger partial charge in [-0.05, 0) is 43.2 Å². The number of para-hydroxylation sites is 1. The van der Waals surface area contributed by atoms with Crippen molar-refractivity contribution < 1.29 is 4.74 Å². The van der Waals surface area contributed by atoms with Gasteiger partial charge in [0.15, 0.2) is 0 Å². The number of benzene rings is 1. The van der Waals surface area contributed by atoms with E-state index in [2.05, 4.69) is 45.9 Å². The minimum absolute atomic E-state index is 0.274. The Kier molecular flexibility index (Phi) is 6.20. The van der Waals surface area contributed by atoms with Crippen molar-refractivity contribution in [3.63, 3.8) is 0 Å². The van der Waals surface area contributed by atoms with E-state index >= 15 is 0 Å². The summed E-state index contributed by atoms with van der Waals surface area (Å²) < 4.78 is 5.90. The predicted molar refractivity (Wildman–Crippen MR) is 78.1 cm³/mol. The first kappa shape index (κ1) is 15.0. The molecular weight excluding hydrogens is 222 g/mol. The van der Waals surface area contributed by atoms with Gasteiger partial charge in [0.2, 0.25) is 0 Å². The Morgan fingerprint density at radius 1 is 1.06 bits per heavy atom. The SMILES string of the molecule is CC(C)COc1ccccc1C(C)CCC(C)N. The van der Waals surface area contributed by atoms with Crippen molar-refractivity contribution in [3.05, 3.63) is 29.8 Å². The van der Waals surface area contributed by atoms with Gasteiger partial charge in [-0.25, -0.2) is 0 Å². The van der Waals surface area contributed by atoms with E-state index in [1.54, 1.807) is 0 Å². The summed E-state index contributed by atoms with van der Waals surface area (Å²) in [5.74, 6) is 2.08. The van der Waals surface area contributed by atoms with Gasteiger partial charge in [-0.15, -0.1) is 0 Å². The molecule has 0 fully saturated rings. The van der Waals surface area contributed by atoms with Crippen molar-refractivity contribution in [3.8, 4) is 5.75 Å². The Hall–Kier alpha value is -1.02. The van der Waals surface area contributed by atoms with Gasteiger partial charge < -0.3 is 10.5 Å². The van der Waals surface area contributed by atoms with Gasteiger partial charge in [-0.2, -0.15) is 0 Å². The van der Waals surface area contributed by atoms with E-state index in [9.17, 15) is 0 Å². The second-order valence-electron chi connectivity index (χ2n) is 5.70. The molecule has 1 aromatic carbocycles. The lowest BCUT2D eigenvalue weighted by Crippen LogP contribution is -2.15. The topological polar surface area (TPSA) is 35.2 Å². The van der Waals surface area contributed by atoms with Crippen LogP contribution in [0.4, 0.5) is 0 Å². The van der Waals surface area contributed by atoms with E-state index in [1.807, 2.05) is 6.07 Å². The Balaban J connectivity index is 2.68. The van der Waals surface area contributed by atoms with E-state index in [-0.39, 0.29) is 6.04 Å². The summed E-state index contributed by atoms with van der Waals surface area (Å²) >= 11 is 0. The molecule has 0 aromatic heterocycles. The summed E-state index contributed by atoms with van der Waals surface area (Å²) in [5, 5.41) is 0. The van der Waals surface area contributed by atoms with Gasteiger partial charge in [-0.1, -0.05) is 39.0 Å². The lowest BCUT2D eigenvalue weighted by atomic mass is 9.94. The van der Waals surface area contributed by atoms with Crippen molar-refractivity contribution in [2.45, 2.75) is 52.5 Å². The lowest BCUT2D eigenvalue weighted by molar-refractivity contribution is 0.267. The van der Waals surface area contributed by atoms with Crippen LogP contribution in [-0.4, -0.2) is 12.6 Å². The highest BCUT2D eigenvalue weighted by Gasteiger charge is 2.12. The molecule has 0 radical (unpaired) electrons. The molecule has 2 atom stereocenters. The van der Waals surface area contributed by atoms with Crippen molar-refractivity contribution in [1.82, 2.24) is 0 Å². The molecule has 0 bridgehead atoms. The molecule has 18 heavy (non-hydrogen) atoms. The number of nitrogens with two attached hydrogens (primary N) is 1. The minimum atomic E-state index is 0.274. The monoisotopic (exact) mass is 249 g/mol. The molecule has 0 heterocycles. The third-order valence-corrected chi connectivity index (χ3v) is 3.08. The van der Waals surface area contributed by atoms with Gasteiger partial charge in [0.25, 0.3) is 0 Å². The van der Waals surface area contributed by atoms with Crippen LogP contribution in [-0.2, 0) is 0 Å². The molecule has 0 saturated heterocycles. The smallest absolute Gasteiger partial charge is 0.122 e. The summed E-state index contributed by atoms with van der Waals surface area (Å²) in [7, 11) is 0. The fourth-order valence-corrected chi connectivity index (χ4v) is 1.94. The van der Waals surface area contributed by atoms with Gasteiger partial charge in [0.05, 0.1) is 6.61 Å². The van der Waals surface area contributed by atoms with E-state index in [0.29, 0.717) is 11.8 Å². The van der Waals surface area contributed by atoms with E-state index in [0.717, 1.165) is 25.2 Å². The molecular formula is C16H27NO. The Morgan fingerprint density at radius 3 is 2.33 bits per heavy atom. The third-order valence-electron chi connectivity index (χ3n) is 3.08. The molecule has 0 aliphatic carbocycles. The molecule has 1 aromatic rings. The maximum Gasteiger partial charge on any atom is 0.122 e. The summed E-state index contributed by atoms with van der Waals surface area (Å²) in [5.41, 5.74) is 7.13. The van der Waals surface area contributed by atoms with Gasteiger partial charge >= 0.3 is 0 Å². The van der Waals surface area contributed by atoms with E-state index < -0.39 is 0 Å². The summed E-state index contributed by atoms with van der Waals surface area (Å²) in [4.78, 5) is 0. The number of hydrogen-bond donors (Lipinski definition) is 1. The average Bonchev–Trinajstić information content (AvgIpc) is 2.33. The van der Waals surface area contributed by atoms with Gasteiger partial charge in [0.1, 0.15) is 5.75 Å². The molecule has 2 unspecified atom stereocenters. The highest BCUT2D eigenvalue weighted by molar-refractivity contribution is 5.35. The molecule has 2 heteroatoms. The van der Waals surface area contributed by atoms with E-state index in [1.165, 1.54) is 5.56 Å². The zero-order valence-corrected chi connectivity index (χ0v) is 12.1. The Labute approximate surface area is 112 Å². The standard InChI is InChI=1S/C16H27NO/c1-12(2)11-18-16-8-6-5-7-15(16)13(3)9-10-14(4)17/h5-8,12-14H,9-11,17H2,1-4H3. The minimum Gasteiger partial charge on any atom is -0.493 e. The molecule has 2 nitrogen and oxygen atoms in total. The molecule has 0 aliphatic heterocycles. The quantitative estimate of drug-likeness (QED) is 0.794. The van der Waals surface area contributed by atoms with Crippen LogP contribution >= 0.6 is 0 Å². The van der Waals surface area contributed by atoms with Crippen molar-refractivity contribution >= 4 is 0 Å². The largest absolute Gasteiger partial charge is 0.493 e. The first-order chi connectivity index (χ1) is 8.50. The number of hydrogen-bond acceptors (Lipinski definition) is 2. The molecule has 2 N–H and O–H groups in total. The maximum atomic E-state index is 5.90. The van der Waals surface area contributed by atoms with Crippen LogP contribution in [0.15, 0.2) is 24.3 Å². The van der Waals surface area contributed by atoms with E-state index in [4.69, 9.17) is 10.5 Å². The second kappa shape index (κ2) is 7.42. The maximum absolute atomic E-state index is 5.90. The lowest BCUT2D eigenvalue weighted by Gasteiger charge is -2.18. The highest BCUT2D eigenvalue weighted by atomic mass is 16.5. The summed E-state index contributed by atoms with van der Waals surface area (Å²) in [6.07, 6.45) is 2.17. The summed E-state index contributed by atoms with van der Waals surface area (Å²) in [6.45, 7) is 9.43. The molecule has 0 saturated carbocycles. The first-order valence-corrected chi connectivity index (χ1v) is 6.98.